The number of aliphatic hydroxyl groups is 1. The van der Waals surface area contributed by atoms with Gasteiger partial charge in [-0.05, 0) is 13.0 Å². The molecule has 5 heteroatoms. The zero-order chi connectivity index (χ0) is 11.4. The number of thiazole rings is 1. The van der Waals surface area contributed by atoms with Gasteiger partial charge in [0.05, 0.1) is 5.69 Å². The molecule has 0 aromatic carbocycles. The lowest BCUT2D eigenvalue weighted by molar-refractivity contribution is 0.224. The number of rotatable bonds is 6. The Labute approximate surface area is 99.2 Å². The Morgan fingerprint density at radius 3 is 3.12 bits per heavy atom. The quantitative estimate of drug-likeness (QED) is 0.832. The SMILES string of the molecule is CCN(CCCO)Cc1cn2ccsc2n1. The van der Waals surface area contributed by atoms with Crippen molar-refractivity contribution in [2.75, 3.05) is 19.7 Å². The molecule has 1 N–H and O–H groups in total. The van der Waals surface area contributed by atoms with E-state index in [2.05, 4.69) is 27.4 Å². The number of hydrogen-bond donors (Lipinski definition) is 1. The Kier molecular flexibility index (Phi) is 3.93. The molecule has 0 bridgehead atoms. The van der Waals surface area contributed by atoms with E-state index < -0.39 is 0 Å². The van der Waals surface area contributed by atoms with Gasteiger partial charge in [-0.2, -0.15) is 0 Å². The summed E-state index contributed by atoms with van der Waals surface area (Å²) >= 11 is 1.65. The molecule has 0 amide bonds. The molecule has 2 rings (SSSR count). The molecule has 0 unspecified atom stereocenters. The van der Waals surface area contributed by atoms with E-state index in [1.807, 2.05) is 11.6 Å². The standard InChI is InChI=1S/C11H17N3OS/c1-2-13(4-3-6-15)8-10-9-14-5-7-16-11(14)12-10/h5,7,9,15H,2-4,6,8H2,1H3. The summed E-state index contributed by atoms with van der Waals surface area (Å²) in [5.41, 5.74) is 1.10. The lowest BCUT2D eigenvalue weighted by Crippen LogP contribution is -2.24. The molecule has 0 aliphatic carbocycles. The van der Waals surface area contributed by atoms with Crippen molar-refractivity contribution < 1.29 is 5.11 Å². The van der Waals surface area contributed by atoms with E-state index in [0.717, 1.165) is 36.7 Å². The van der Waals surface area contributed by atoms with Crippen molar-refractivity contribution in [3.63, 3.8) is 0 Å². The second kappa shape index (κ2) is 5.43. The third-order valence-electron chi connectivity index (χ3n) is 2.61. The predicted molar refractivity (Wildman–Crippen MR) is 65.7 cm³/mol. The van der Waals surface area contributed by atoms with Crippen molar-refractivity contribution in [1.29, 1.82) is 0 Å². The number of nitrogens with zero attached hydrogens (tertiary/aromatic N) is 3. The summed E-state index contributed by atoms with van der Waals surface area (Å²) in [6, 6.07) is 0. The lowest BCUT2D eigenvalue weighted by Gasteiger charge is -2.18. The third kappa shape index (κ3) is 2.61. The van der Waals surface area contributed by atoms with Crippen LogP contribution in [-0.4, -0.2) is 39.1 Å². The van der Waals surface area contributed by atoms with Gasteiger partial charge < -0.3 is 5.11 Å². The summed E-state index contributed by atoms with van der Waals surface area (Å²) < 4.78 is 2.06. The molecule has 4 nitrogen and oxygen atoms in total. The number of imidazole rings is 1. The average molecular weight is 239 g/mol. The Hall–Kier alpha value is -0.910. The van der Waals surface area contributed by atoms with E-state index in [1.165, 1.54) is 0 Å². The predicted octanol–water partition coefficient (Wildman–Crippen LogP) is 1.60. The van der Waals surface area contributed by atoms with Crippen molar-refractivity contribution in [2.24, 2.45) is 0 Å². The minimum absolute atomic E-state index is 0.259. The minimum atomic E-state index is 0.259. The van der Waals surface area contributed by atoms with Gasteiger partial charge in [0, 0.05) is 37.5 Å². The average Bonchev–Trinajstić information content (AvgIpc) is 2.84. The molecule has 2 aromatic heterocycles. The zero-order valence-electron chi connectivity index (χ0n) is 9.46. The van der Waals surface area contributed by atoms with Gasteiger partial charge in [0.25, 0.3) is 0 Å². The molecule has 0 radical (unpaired) electrons. The first-order valence-corrected chi connectivity index (χ1v) is 6.45. The van der Waals surface area contributed by atoms with Crippen LogP contribution in [0.3, 0.4) is 0 Å². The first kappa shape index (κ1) is 11.6. The summed E-state index contributed by atoms with van der Waals surface area (Å²) in [7, 11) is 0. The first-order valence-electron chi connectivity index (χ1n) is 5.57. The van der Waals surface area contributed by atoms with E-state index in [1.54, 1.807) is 11.3 Å². The first-order chi connectivity index (χ1) is 7.83. The van der Waals surface area contributed by atoms with Crippen LogP contribution in [0.15, 0.2) is 17.8 Å². The van der Waals surface area contributed by atoms with Crippen molar-refractivity contribution in [2.45, 2.75) is 19.9 Å². The maximum absolute atomic E-state index is 8.81. The summed E-state index contributed by atoms with van der Waals surface area (Å²) in [6.07, 6.45) is 4.93. The minimum Gasteiger partial charge on any atom is -0.396 e. The van der Waals surface area contributed by atoms with Gasteiger partial charge in [-0.15, -0.1) is 11.3 Å². The van der Waals surface area contributed by atoms with E-state index in [0.29, 0.717) is 0 Å². The zero-order valence-corrected chi connectivity index (χ0v) is 10.3. The maximum Gasteiger partial charge on any atom is 0.193 e. The number of hydrogen-bond acceptors (Lipinski definition) is 4. The molecule has 88 valence electrons. The fraction of sp³-hybridized carbons (Fsp3) is 0.545. The highest BCUT2D eigenvalue weighted by Crippen LogP contribution is 2.12. The summed E-state index contributed by atoms with van der Waals surface area (Å²) in [5.74, 6) is 0. The van der Waals surface area contributed by atoms with Gasteiger partial charge in [0.1, 0.15) is 0 Å². The van der Waals surface area contributed by atoms with Crippen molar-refractivity contribution >= 4 is 16.3 Å². The molecular weight excluding hydrogens is 222 g/mol. The molecule has 0 atom stereocenters. The van der Waals surface area contributed by atoms with Gasteiger partial charge in [-0.3, -0.25) is 9.30 Å². The highest BCUT2D eigenvalue weighted by Gasteiger charge is 2.07. The highest BCUT2D eigenvalue weighted by atomic mass is 32.1. The lowest BCUT2D eigenvalue weighted by atomic mass is 10.3. The highest BCUT2D eigenvalue weighted by molar-refractivity contribution is 7.15. The molecule has 0 aliphatic rings. The van der Waals surface area contributed by atoms with E-state index in [9.17, 15) is 0 Å². The number of fused-ring (bicyclic) bond motifs is 1. The Balaban J connectivity index is 1.99. The summed E-state index contributed by atoms with van der Waals surface area (Å²) in [6.45, 7) is 5.18. The van der Waals surface area contributed by atoms with Crippen LogP contribution in [0, 0.1) is 0 Å². The van der Waals surface area contributed by atoms with Gasteiger partial charge in [0.15, 0.2) is 4.96 Å². The van der Waals surface area contributed by atoms with E-state index in [4.69, 9.17) is 5.11 Å². The fourth-order valence-electron chi connectivity index (χ4n) is 1.72. The Morgan fingerprint density at radius 1 is 1.56 bits per heavy atom. The topological polar surface area (TPSA) is 40.8 Å². The smallest absolute Gasteiger partial charge is 0.193 e. The van der Waals surface area contributed by atoms with Crippen molar-refractivity contribution in [3.05, 3.63) is 23.5 Å². The van der Waals surface area contributed by atoms with Crippen LogP contribution in [-0.2, 0) is 6.54 Å². The second-order valence-electron chi connectivity index (χ2n) is 3.77. The molecule has 0 saturated heterocycles. The van der Waals surface area contributed by atoms with E-state index >= 15 is 0 Å². The summed E-state index contributed by atoms with van der Waals surface area (Å²) in [5, 5.41) is 10.9. The molecule has 0 saturated carbocycles. The monoisotopic (exact) mass is 239 g/mol. The van der Waals surface area contributed by atoms with Crippen LogP contribution in [0.4, 0.5) is 0 Å². The third-order valence-corrected chi connectivity index (χ3v) is 3.38. The van der Waals surface area contributed by atoms with Gasteiger partial charge >= 0.3 is 0 Å². The van der Waals surface area contributed by atoms with Crippen LogP contribution in [0.1, 0.15) is 19.0 Å². The largest absolute Gasteiger partial charge is 0.396 e. The maximum atomic E-state index is 8.81. The number of aliphatic hydroxyl groups excluding tert-OH is 1. The molecule has 2 heterocycles. The number of aromatic nitrogens is 2. The molecule has 0 aliphatic heterocycles. The van der Waals surface area contributed by atoms with Crippen LogP contribution < -0.4 is 0 Å². The molecule has 2 aromatic rings. The van der Waals surface area contributed by atoms with Gasteiger partial charge in [-0.25, -0.2) is 4.98 Å². The Bertz CT molecular complexity index is 409. The van der Waals surface area contributed by atoms with Crippen LogP contribution in [0.25, 0.3) is 4.96 Å². The second-order valence-corrected chi connectivity index (χ2v) is 4.64. The molecule has 0 spiro atoms. The van der Waals surface area contributed by atoms with E-state index in [-0.39, 0.29) is 6.61 Å². The molecule has 16 heavy (non-hydrogen) atoms. The van der Waals surface area contributed by atoms with Gasteiger partial charge in [0.2, 0.25) is 0 Å². The molecule has 0 fully saturated rings. The van der Waals surface area contributed by atoms with Crippen LogP contribution >= 0.6 is 11.3 Å². The summed E-state index contributed by atoms with van der Waals surface area (Å²) in [4.78, 5) is 7.89. The van der Waals surface area contributed by atoms with Crippen molar-refractivity contribution in [1.82, 2.24) is 14.3 Å². The van der Waals surface area contributed by atoms with Gasteiger partial charge in [-0.1, -0.05) is 6.92 Å². The normalized spacial score (nSPS) is 11.7. The van der Waals surface area contributed by atoms with Crippen molar-refractivity contribution in [3.8, 4) is 0 Å². The molecular formula is C11H17N3OS. The van der Waals surface area contributed by atoms with Crippen LogP contribution in [0.2, 0.25) is 0 Å². The Morgan fingerprint density at radius 2 is 2.44 bits per heavy atom. The van der Waals surface area contributed by atoms with Crippen LogP contribution in [0.5, 0.6) is 0 Å². The fourth-order valence-corrected chi connectivity index (χ4v) is 2.44.